The lowest BCUT2D eigenvalue weighted by Crippen LogP contribution is -2.28. The zero-order valence-corrected chi connectivity index (χ0v) is 14.5. The van der Waals surface area contributed by atoms with Crippen LogP contribution in [0.2, 0.25) is 0 Å². The number of carbonyl (C=O) groups is 1. The number of fused-ring (bicyclic) bond motifs is 3. The van der Waals surface area contributed by atoms with E-state index in [1.54, 1.807) is 10.8 Å². The molecule has 0 amide bonds. The van der Waals surface area contributed by atoms with E-state index < -0.39 is 0 Å². The smallest absolute Gasteiger partial charge is 0.227 e. The molecule has 24 heavy (non-hydrogen) atoms. The van der Waals surface area contributed by atoms with Crippen molar-refractivity contribution in [2.24, 2.45) is 5.92 Å². The second kappa shape index (κ2) is 5.40. The van der Waals surface area contributed by atoms with Crippen molar-refractivity contribution in [1.82, 2.24) is 19.6 Å². The molecule has 0 radical (unpaired) electrons. The molecule has 3 heterocycles. The van der Waals surface area contributed by atoms with Gasteiger partial charge in [0.1, 0.15) is 12.1 Å². The number of aromatic nitrogens is 4. The van der Waals surface area contributed by atoms with Crippen molar-refractivity contribution in [3.8, 4) is 5.88 Å². The molecule has 0 bridgehead atoms. The van der Waals surface area contributed by atoms with Crippen LogP contribution in [-0.4, -0.2) is 25.4 Å². The highest BCUT2D eigenvalue weighted by Gasteiger charge is 2.40. The molecule has 6 nitrogen and oxygen atoms in total. The largest absolute Gasteiger partial charge is 0.442 e. The van der Waals surface area contributed by atoms with Crippen LogP contribution < -0.4 is 4.74 Å². The van der Waals surface area contributed by atoms with Gasteiger partial charge in [0, 0.05) is 30.3 Å². The first-order valence-electron chi connectivity index (χ1n) is 8.66. The van der Waals surface area contributed by atoms with Crippen LogP contribution in [0.4, 0.5) is 0 Å². The van der Waals surface area contributed by atoms with Crippen molar-refractivity contribution in [3.05, 3.63) is 29.0 Å². The number of hydrogen-bond donors (Lipinski definition) is 0. The standard InChI is InChI=1S/C18H22N4O2/c1-9(2)13-14-11(23)6-5-7-12(14)24-18-15(13)17-20-16(10(3)4)21-22(17)8-19-18/h8-10,13H,5-7H2,1-4H3. The quantitative estimate of drug-likeness (QED) is 0.846. The van der Waals surface area contributed by atoms with Gasteiger partial charge in [0.15, 0.2) is 17.3 Å². The molecule has 2 aromatic heterocycles. The maximum Gasteiger partial charge on any atom is 0.227 e. The van der Waals surface area contributed by atoms with Crippen LogP contribution in [0.5, 0.6) is 5.88 Å². The lowest BCUT2D eigenvalue weighted by molar-refractivity contribution is -0.116. The van der Waals surface area contributed by atoms with E-state index in [2.05, 4.69) is 37.8 Å². The molecule has 0 saturated heterocycles. The fourth-order valence-corrected chi connectivity index (χ4v) is 3.69. The molecule has 0 aromatic carbocycles. The molecule has 2 aromatic rings. The Morgan fingerprint density at radius 1 is 1.25 bits per heavy atom. The van der Waals surface area contributed by atoms with Crippen LogP contribution in [0.15, 0.2) is 17.7 Å². The summed E-state index contributed by atoms with van der Waals surface area (Å²) >= 11 is 0. The normalized spacial score (nSPS) is 20.6. The van der Waals surface area contributed by atoms with Gasteiger partial charge in [-0.1, -0.05) is 27.7 Å². The van der Waals surface area contributed by atoms with Crippen LogP contribution in [0.3, 0.4) is 0 Å². The highest BCUT2D eigenvalue weighted by atomic mass is 16.5. The van der Waals surface area contributed by atoms with Crippen LogP contribution in [-0.2, 0) is 4.79 Å². The van der Waals surface area contributed by atoms with Crippen molar-refractivity contribution >= 4 is 11.4 Å². The summed E-state index contributed by atoms with van der Waals surface area (Å²) in [6.45, 7) is 8.40. The van der Waals surface area contributed by atoms with Gasteiger partial charge in [-0.15, -0.1) is 5.10 Å². The molecule has 0 fully saturated rings. The molecule has 126 valence electrons. The molecule has 1 unspecified atom stereocenters. The van der Waals surface area contributed by atoms with Crippen molar-refractivity contribution in [1.29, 1.82) is 0 Å². The Bertz CT molecular complexity index is 863. The molecule has 1 aliphatic carbocycles. The Labute approximate surface area is 140 Å². The fraction of sp³-hybridized carbons (Fsp3) is 0.556. The van der Waals surface area contributed by atoms with E-state index in [1.807, 2.05) is 0 Å². The zero-order valence-electron chi connectivity index (χ0n) is 14.5. The highest BCUT2D eigenvalue weighted by molar-refractivity contribution is 5.99. The third-order valence-corrected chi connectivity index (χ3v) is 4.84. The Hall–Kier alpha value is -2.24. The monoisotopic (exact) mass is 326 g/mol. The van der Waals surface area contributed by atoms with Crippen LogP contribution in [0.25, 0.3) is 5.65 Å². The first-order valence-corrected chi connectivity index (χ1v) is 8.66. The van der Waals surface area contributed by atoms with E-state index >= 15 is 0 Å². The van der Waals surface area contributed by atoms with E-state index in [0.29, 0.717) is 12.3 Å². The van der Waals surface area contributed by atoms with Gasteiger partial charge in [-0.25, -0.2) is 14.5 Å². The van der Waals surface area contributed by atoms with Gasteiger partial charge in [-0.2, -0.15) is 0 Å². The number of ether oxygens (including phenoxy) is 1. The van der Waals surface area contributed by atoms with Crippen LogP contribution in [0, 0.1) is 5.92 Å². The second-order valence-corrected chi connectivity index (χ2v) is 7.29. The number of allylic oxidation sites excluding steroid dienone is 2. The highest BCUT2D eigenvalue weighted by Crippen LogP contribution is 2.47. The number of carbonyl (C=O) groups excluding carboxylic acids is 1. The maximum atomic E-state index is 12.6. The van der Waals surface area contributed by atoms with Gasteiger partial charge in [0.25, 0.3) is 0 Å². The topological polar surface area (TPSA) is 69.4 Å². The van der Waals surface area contributed by atoms with E-state index in [1.165, 1.54) is 0 Å². The molecule has 2 aliphatic rings. The first-order chi connectivity index (χ1) is 11.5. The number of Topliss-reactive ketones (excluding diaryl/α,β-unsaturated/α-hetero) is 1. The summed E-state index contributed by atoms with van der Waals surface area (Å²) < 4.78 is 7.75. The number of hydrogen-bond acceptors (Lipinski definition) is 5. The van der Waals surface area contributed by atoms with Crippen molar-refractivity contribution in [2.75, 3.05) is 0 Å². The summed E-state index contributed by atoms with van der Waals surface area (Å²) in [5.74, 6) is 2.82. The van der Waals surface area contributed by atoms with Gasteiger partial charge in [0.2, 0.25) is 5.88 Å². The summed E-state index contributed by atoms with van der Waals surface area (Å²) in [4.78, 5) is 21.8. The second-order valence-electron chi connectivity index (χ2n) is 7.29. The Morgan fingerprint density at radius 3 is 2.75 bits per heavy atom. The Morgan fingerprint density at radius 2 is 2.04 bits per heavy atom. The lowest BCUT2D eigenvalue weighted by Gasteiger charge is -2.33. The molecule has 1 atom stereocenters. The lowest BCUT2D eigenvalue weighted by atomic mass is 9.76. The molecule has 1 aliphatic heterocycles. The Kier molecular flexibility index (Phi) is 3.44. The number of rotatable bonds is 2. The molecule has 4 rings (SSSR count). The number of ketones is 1. The Balaban J connectivity index is 1.97. The van der Waals surface area contributed by atoms with Crippen molar-refractivity contribution in [2.45, 2.75) is 58.8 Å². The molecular formula is C18H22N4O2. The van der Waals surface area contributed by atoms with Gasteiger partial charge >= 0.3 is 0 Å². The summed E-state index contributed by atoms with van der Waals surface area (Å²) in [7, 11) is 0. The molecule has 6 heteroatoms. The van der Waals surface area contributed by atoms with Crippen molar-refractivity contribution < 1.29 is 9.53 Å². The number of nitrogens with zero attached hydrogens (tertiary/aromatic N) is 4. The SMILES string of the molecule is CC(C)c1nc2c3c(ncn2n1)OC1=C(C(=O)CCC1)C3C(C)C. The van der Waals surface area contributed by atoms with Gasteiger partial charge in [0.05, 0.1) is 5.56 Å². The van der Waals surface area contributed by atoms with E-state index in [4.69, 9.17) is 9.72 Å². The van der Waals surface area contributed by atoms with Crippen LogP contribution in [0.1, 0.15) is 70.2 Å². The minimum Gasteiger partial charge on any atom is -0.442 e. The molecule has 0 spiro atoms. The minimum atomic E-state index is -0.0306. The molecule has 0 saturated carbocycles. The van der Waals surface area contributed by atoms with Gasteiger partial charge < -0.3 is 4.74 Å². The average molecular weight is 326 g/mol. The van der Waals surface area contributed by atoms with Gasteiger partial charge in [-0.3, -0.25) is 4.79 Å². The van der Waals surface area contributed by atoms with E-state index in [9.17, 15) is 4.79 Å². The zero-order chi connectivity index (χ0) is 17.0. The average Bonchev–Trinajstić information content (AvgIpc) is 2.97. The van der Waals surface area contributed by atoms with Crippen LogP contribution >= 0.6 is 0 Å². The fourth-order valence-electron chi connectivity index (χ4n) is 3.69. The summed E-state index contributed by atoms with van der Waals surface area (Å²) in [5, 5.41) is 4.52. The van der Waals surface area contributed by atoms with Gasteiger partial charge in [-0.05, 0) is 12.3 Å². The molecule has 0 N–H and O–H groups in total. The maximum absolute atomic E-state index is 12.6. The predicted octanol–water partition coefficient (Wildman–Crippen LogP) is 3.39. The molecular weight excluding hydrogens is 304 g/mol. The van der Waals surface area contributed by atoms with E-state index in [-0.39, 0.29) is 23.5 Å². The minimum absolute atomic E-state index is 0.0306. The van der Waals surface area contributed by atoms with Crippen molar-refractivity contribution in [3.63, 3.8) is 0 Å². The van der Waals surface area contributed by atoms with E-state index in [0.717, 1.165) is 41.2 Å². The predicted molar refractivity (Wildman–Crippen MR) is 89.0 cm³/mol. The third kappa shape index (κ3) is 2.16. The summed E-state index contributed by atoms with van der Waals surface area (Å²) in [6.07, 6.45) is 3.91. The summed E-state index contributed by atoms with van der Waals surface area (Å²) in [5.41, 5.74) is 2.49. The summed E-state index contributed by atoms with van der Waals surface area (Å²) in [6, 6.07) is 0. The first kappa shape index (κ1) is 15.3. The third-order valence-electron chi connectivity index (χ3n) is 4.84.